The molecule has 0 saturated carbocycles. The second-order valence-electron chi connectivity index (χ2n) is 4.54. The van der Waals surface area contributed by atoms with Crippen LogP contribution in [0.5, 0.6) is 11.5 Å². The summed E-state index contributed by atoms with van der Waals surface area (Å²) in [5, 5.41) is 19.2. The molecule has 0 aromatic heterocycles. The fourth-order valence-electron chi connectivity index (χ4n) is 1.99. The summed E-state index contributed by atoms with van der Waals surface area (Å²) in [6.45, 7) is 0.470. The van der Waals surface area contributed by atoms with Crippen molar-refractivity contribution >= 4 is 11.9 Å². The highest BCUT2D eigenvalue weighted by Gasteiger charge is 2.25. The predicted octanol–water partition coefficient (Wildman–Crippen LogP) is 1.99. The Hall–Kier alpha value is -2.24. The third-order valence-electron chi connectivity index (χ3n) is 3.09. The smallest absolute Gasteiger partial charge is 0.342 e. The van der Waals surface area contributed by atoms with Crippen molar-refractivity contribution in [1.82, 2.24) is 0 Å². The SMILES string of the molecule is O=C1OCCCCCCOC(=O)c2c1ccc(O)c2O. The number of phenols is 2. The lowest BCUT2D eigenvalue weighted by molar-refractivity contribution is 0.0432. The van der Waals surface area contributed by atoms with Crippen molar-refractivity contribution in [3.05, 3.63) is 23.3 Å². The molecule has 0 unspecified atom stereocenters. The van der Waals surface area contributed by atoms with Crippen molar-refractivity contribution in [2.24, 2.45) is 0 Å². The number of hydrogen-bond acceptors (Lipinski definition) is 6. The third kappa shape index (κ3) is 3.01. The molecule has 2 N–H and O–H groups in total. The Balaban J connectivity index is 2.39. The van der Waals surface area contributed by atoms with Gasteiger partial charge in [-0.15, -0.1) is 0 Å². The molecule has 0 fully saturated rings. The summed E-state index contributed by atoms with van der Waals surface area (Å²) < 4.78 is 10.1. The Kier molecular flexibility index (Phi) is 4.45. The first-order valence-electron chi connectivity index (χ1n) is 6.50. The van der Waals surface area contributed by atoms with Crippen molar-refractivity contribution in [1.29, 1.82) is 0 Å². The van der Waals surface area contributed by atoms with Gasteiger partial charge in [0.05, 0.1) is 18.8 Å². The highest BCUT2D eigenvalue weighted by Crippen LogP contribution is 2.32. The molecule has 0 atom stereocenters. The van der Waals surface area contributed by atoms with Crippen LogP contribution in [-0.4, -0.2) is 35.4 Å². The van der Waals surface area contributed by atoms with Gasteiger partial charge in [0.15, 0.2) is 11.5 Å². The zero-order valence-corrected chi connectivity index (χ0v) is 10.9. The molecule has 0 amide bonds. The Morgan fingerprint density at radius 3 is 2.10 bits per heavy atom. The number of hydrogen-bond donors (Lipinski definition) is 2. The molecule has 108 valence electrons. The van der Waals surface area contributed by atoms with Crippen molar-refractivity contribution < 1.29 is 29.3 Å². The van der Waals surface area contributed by atoms with Crippen LogP contribution in [0.1, 0.15) is 46.4 Å². The van der Waals surface area contributed by atoms with E-state index in [2.05, 4.69) is 0 Å². The lowest BCUT2D eigenvalue weighted by Gasteiger charge is -2.13. The largest absolute Gasteiger partial charge is 0.504 e. The minimum atomic E-state index is -0.842. The van der Waals surface area contributed by atoms with Crippen LogP contribution in [0.25, 0.3) is 0 Å². The van der Waals surface area contributed by atoms with E-state index in [4.69, 9.17) is 9.47 Å². The number of carbonyl (C=O) groups excluding carboxylic acids is 2. The summed E-state index contributed by atoms with van der Waals surface area (Å²) in [7, 11) is 0. The second-order valence-corrected chi connectivity index (χ2v) is 4.54. The van der Waals surface area contributed by atoms with Crippen LogP contribution < -0.4 is 0 Å². The number of esters is 2. The van der Waals surface area contributed by atoms with Gasteiger partial charge in [0.25, 0.3) is 0 Å². The number of fused-ring (bicyclic) bond motifs is 1. The van der Waals surface area contributed by atoms with E-state index in [0.717, 1.165) is 25.3 Å². The van der Waals surface area contributed by atoms with Gasteiger partial charge in [-0.3, -0.25) is 0 Å². The van der Waals surface area contributed by atoms with Crippen molar-refractivity contribution in [3.63, 3.8) is 0 Å². The third-order valence-corrected chi connectivity index (χ3v) is 3.09. The van der Waals surface area contributed by atoms with Crippen LogP contribution in [0.3, 0.4) is 0 Å². The summed E-state index contributed by atoms with van der Waals surface area (Å²) in [4.78, 5) is 23.8. The Morgan fingerprint density at radius 2 is 1.45 bits per heavy atom. The van der Waals surface area contributed by atoms with Gasteiger partial charge in [0, 0.05) is 0 Å². The highest BCUT2D eigenvalue weighted by molar-refractivity contribution is 6.05. The van der Waals surface area contributed by atoms with Gasteiger partial charge in [-0.25, -0.2) is 9.59 Å². The average Bonchev–Trinajstić information content (AvgIpc) is 2.42. The molecule has 6 heteroatoms. The van der Waals surface area contributed by atoms with Gasteiger partial charge in [0.1, 0.15) is 5.56 Å². The second kappa shape index (κ2) is 6.27. The van der Waals surface area contributed by atoms with E-state index in [1.165, 1.54) is 6.07 Å². The maximum Gasteiger partial charge on any atom is 0.342 e. The molecule has 1 aromatic carbocycles. The molecule has 1 aromatic rings. The van der Waals surface area contributed by atoms with Crippen molar-refractivity contribution in [3.8, 4) is 11.5 Å². The molecule has 0 aliphatic carbocycles. The summed E-state index contributed by atoms with van der Waals surface area (Å²) in [5.74, 6) is -2.71. The summed E-state index contributed by atoms with van der Waals surface area (Å²) in [6.07, 6.45) is 3.19. The van der Waals surface area contributed by atoms with Crippen molar-refractivity contribution in [2.45, 2.75) is 25.7 Å². The zero-order chi connectivity index (χ0) is 14.5. The molecule has 6 nitrogen and oxygen atoms in total. The molecule has 1 aliphatic heterocycles. The van der Waals surface area contributed by atoms with E-state index in [-0.39, 0.29) is 24.3 Å². The van der Waals surface area contributed by atoms with Gasteiger partial charge in [-0.2, -0.15) is 0 Å². The first-order chi connectivity index (χ1) is 9.61. The fraction of sp³-hybridized carbons (Fsp3) is 0.429. The molecule has 0 bridgehead atoms. The van der Waals surface area contributed by atoms with Gasteiger partial charge < -0.3 is 19.7 Å². The van der Waals surface area contributed by atoms with Crippen LogP contribution in [0.4, 0.5) is 0 Å². The minimum absolute atomic E-state index is 0.106. The highest BCUT2D eigenvalue weighted by atomic mass is 16.5. The first kappa shape index (κ1) is 14.2. The number of benzene rings is 1. The molecule has 1 heterocycles. The van der Waals surface area contributed by atoms with E-state index >= 15 is 0 Å². The van der Waals surface area contributed by atoms with E-state index in [1.807, 2.05) is 0 Å². The molecular weight excluding hydrogens is 264 g/mol. The fourth-order valence-corrected chi connectivity index (χ4v) is 1.99. The Labute approximate surface area is 115 Å². The number of carbonyl (C=O) groups is 2. The van der Waals surface area contributed by atoms with Gasteiger partial charge >= 0.3 is 11.9 Å². The molecule has 20 heavy (non-hydrogen) atoms. The van der Waals surface area contributed by atoms with E-state index < -0.39 is 23.4 Å². The predicted molar refractivity (Wildman–Crippen MR) is 68.8 cm³/mol. The summed E-state index contributed by atoms with van der Waals surface area (Å²) >= 11 is 0. The monoisotopic (exact) mass is 280 g/mol. The van der Waals surface area contributed by atoms with Crippen LogP contribution in [-0.2, 0) is 9.47 Å². The molecule has 0 radical (unpaired) electrons. The van der Waals surface area contributed by atoms with Crippen LogP contribution in [0.2, 0.25) is 0 Å². The minimum Gasteiger partial charge on any atom is -0.504 e. The molecule has 2 rings (SSSR count). The summed E-state index contributed by atoms with van der Waals surface area (Å²) in [5.41, 5.74) is -0.457. The molecular formula is C14H16O6. The molecule has 0 spiro atoms. The Morgan fingerprint density at radius 1 is 0.850 bits per heavy atom. The Bertz CT molecular complexity index is 523. The first-order valence-corrected chi connectivity index (χ1v) is 6.50. The van der Waals surface area contributed by atoms with E-state index in [1.54, 1.807) is 0 Å². The van der Waals surface area contributed by atoms with Gasteiger partial charge in [-0.1, -0.05) is 0 Å². The van der Waals surface area contributed by atoms with Gasteiger partial charge in [-0.05, 0) is 37.8 Å². The van der Waals surface area contributed by atoms with Crippen LogP contribution >= 0.6 is 0 Å². The number of ether oxygens (including phenoxy) is 2. The topological polar surface area (TPSA) is 93.1 Å². The quantitative estimate of drug-likeness (QED) is 0.557. The maximum atomic E-state index is 11.9. The van der Waals surface area contributed by atoms with Crippen LogP contribution in [0.15, 0.2) is 12.1 Å². The zero-order valence-electron chi connectivity index (χ0n) is 10.9. The van der Waals surface area contributed by atoms with E-state index in [9.17, 15) is 19.8 Å². The van der Waals surface area contributed by atoms with Crippen LogP contribution in [0, 0.1) is 0 Å². The molecule has 0 saturated heterocycles. The van der Waals surface area contributed by atoms with Crippen molar-refractivity contribution in [2.75, 3.05) is 13.2 Å². The number of aromatic hydroxyl groups is 2. The van der Waals surface area contributed by atoms with Gasteiger partial charge in [0.2, 0.25) is 0 Å². The number of rotatable bonds is 0. The average molecular weight is 280 g/mol. The number of phenolic OH excluding ortho intramolecular Hbond substituents is 2. The normalized spacial score (nSPS) is 17.2. The maximum absolute atomic E-state index is 11.9. The summed E-state index contributed by atoms with van der Waals surface area (Å²) in [6, 6.07) is 2.37. The lowest BCUT2D eigenvalue weighted by atomic mass is 10.1. The standard InChI is InChI=1S/C14H16O6/c15-10-6-5-9-11(12(10)16)14(18)20-8-4-2-1-3-7-19-13(9)17/h5-6,15-16H,1-4,7-8H2. The lowest BCUT2D eigenvalue weighted by Crippen LogP contribution is -2.16. The molecule has 1 aliphatic rings. The number of cyclic esters (lactones) is 2. The van der Waals surface area contributed by atoms with E-state index in [0.29, 0.717) is 6.42 Å².